The molecule has 0 bridgehead atoms. The molecule has 2 N–H and O–H groups in total. The smallest absolute Gasteiger partial charge is 0.257 e. The van der Waals surface area contributed by atoms with Crippen LogP contribution in [0.15, 0.2) is 29.8 Å². The summed E-state index contributed by atoms with van der Waals surface area (Å²) in [6.07, 6.45) is -0.267. The molecule has 0 spiro atoms. The lowest BCUT2D eigenvalue weighted by molar-refractivity contribution is 0.0643. The molecule has 1 aliphatic heterocycles. The Morgan fingerprint density at radius 3 is 2.95 bits per heavy atom. The number of aryl methyl sites for hydroxylation is 1. The number of rotatable bonds is 3. The zero-order valence-corrected chi connectivity index (χ0v) is 11.9. The second-order valence-corrected chi connectivity index (χ2v) is 5.50. The van der Waals surface area contributed by atoms with Crippen molar-refractivity contribution < 1.29 is 9.90 Å². The third-order valence-corrected chi connectivity index (χ3v) is 4.38. The fourth-order valence-corrected chi connectivity index (χ4v) is 3.27. The van der Waals surface area contributed by atoms with Gasteiger partial charge in [-0.15, -0.1) is 11.3 Å². The summed E-state index contributed by atoms with van der Waals surface area (Å²) in [4.78, 5) is 19.5. The quantitative estimate of drug-likeness (QED) is 0.907. The van der Waals surface area contributed by atoms with Crippen LogP contribution in [0.1, 0.15) is 27.1 Å². The predicted octanol–water partition coefficient (Wildman–Crippen LogP) is 2.01. The van der Waals surface area contributed by atoms with E-state index in [2.05, 4.69) is 10.3 Å². The number of anilines is 1. The molecule has 104 valence electrons. The lowest BCUT2D eigenvalue weighted by Gasteiger charge is -2.37. The summed E-state index contributed by atoms with van der Waals surface area (Å²) >= 11 is 1.51. The van der Waals surface area contributed by atoms with Crippen molar-refractivity contribution in [1.29, 1.82) is 0 Å². The van der Waals surface area contributed by atoms with Crippen molar-refractivity contribution in [2.45, 2.75) is 13.1 Å². The zero-order valence-electron chi connectivity index (χ0n) is 11.0. The minimum absolute atomic E-state index is 0.0637. The third kappa shape index (κ3) is 2.07. The number of carbonyl (C=O) groups excluding carboxylic acids is 1. The SMILES string of the molecule is Cc1ncsc1[C@H]1Nc2ccccc2C(=O)N1CCO. The number of aromatic nitrogens is 1. The molecule has 0 saturated heterocycles. The van der Waals surface area contributed by atoms with Crippen molar-refractivity contribution in [3.63, 3.8) is 0 Å². The molecule has 5 nitrogen and oxygen atoms in total. The van der Waals surface area contributed by atoms with Crippen molar-refractivity contribution in [1.82, 2.24) is 9.88 Å². The molecule has 2 aromatic rings. The fourth-order valence-electron chi connectivity index (χ4n) is 2.41. The molecular weight excluding hydrogens is 274 g/mol. The number of β-amino-alcohol motifs (C(OH)–C–C–N with tert-alkyl or cyclic N) is 1. The maximum Gasteiger partial charge on any atom is 0.257 e. The van der Waals surface area contributed by atoms with Crippen molar-refractivity contribution in [2.75, 3.05) is 18.5 Å². The number of fused-ring (bicyclic) bond motifs is 1. The molecular formula is C14H15N3O2S. The van der Waals surface area contributed by atoms with Gasteiger partial charge in [0.1, 0.15) is 6.17 Å². The maximum atomic E-state index is 12.6. The number of thiazole rings is 1. The normalized spacial score (nSPS) is 17.8. The van der Waals surface area contributed by atoms with Gasteiger partial charge in [-0.1, -0.05) is 12.1 Å². The van der Waals surface area contributed by atoms with Crippen LogP contribution in [-0.2, 0) is 0 Å². The Labute approximate surface area is 120 Å². The number of para-hydroxylation sites is 1. The van der Waals surface area contributed by atoms with Crippen LogP contribution >= 0.6 is 11.3 Å². The van der Waals surface area contributed by atoms with E-state index in [0.29, 0.717) is 12.1 Å². The molecule has 0 radical (unpaired) electrons. The van der Waals surface area contributed by atoms with Crippen LogP contribution in [0.3, 0.4) is 0 Å². The summed E-state index contributed by atoms with van der Waals surface area (Å²) in [6.45, 7) is 2.15. The van der Waals surface area contributed by atoms with Crippen molar-refractivity contribution in [2.24, 2.45) is 0 Å². The molecule has 0 fully saturated rings. The van der Waals surface area contributed by atoms with Gasteiger partial charge in [0.05, 0.1) is 28.3 Å². The molecule has 0 aliphatic carbocycles. The van der Waals surface area contributed by atoms with Crippen molar-refractivity contribution >= 4 is 22.9 Å². The van der Waals surface area contributed by atoms with E-state index in [-0.39, 0.29) is 18.7 Å². The van der Waals surface area contributed by atoms with Gasteiger partial charge in [0.2, 0.25) is 0 Å². The summed E-state index contributed by atoms with van der Waals surface area (Å²) in [5.41, 5.74) is 4.14. The van der Waals surface area contributed by atoms with Crippen LogP contribution in [-0.4, -0.2) is 34.0 Å². The van der Waals surface area contributed by atoms with Crippen molar-refractivity contribution in [3.8, 4) is 0 Å². The average molecular weight is 289 g/mol. The summed E-state index contributed by atoms with van der Waals surface area (Å²) in [5, 5.41) is 12.6. The summed E-state index contributed by atoms with van der Waals surface area (Å²) in [6, 6.07) is 7.43. The van der Waals surface area contributed by atoms with E-state index in [1.807, 2.05) is 25.1 Å². The van der Waals surface area contributed by atoms with Gasteiger partial charge in [-0.25, -0.2) is 4.98 Å². The highest BCUT2D eigenvalue weighted by Crippen LogP contribution is 2.35. The number of hydrogen-bond acceptors (Lipinski definition) is 5. The molecule has 1 aromatic carbocycles. The van der Waals surface area contributed by atoms with Gasteiger partial charge < -0.3 is 15.3 Å². The van der Waals surface area contributed by atoms with E-state index >= 15 is 0 Å². The predicted molar refractivity (Wildman–Crippen MR) is 77.8 cm³/mol. The number of nitrogens with one attached hydrogen (secondary N) is 1. The van der Waals surface area contributed by atoms with Crippen LogP contribution in [0.4, 0.5) is 5.69 Å². The maximum absolute atomic E-state index is 12.6. The molecule has 1 amide bonds. The van der Waals surface area contributed by atoms with Crippen LogP contribution in [0, 0.1) is 6.92 Å². The first-order valence-corrected chi connectivity index (χ1v) is 7.27. The van der Waals surface area contributed by atoms with Crippen LogP contribution in [0.2, 0.25) is 0 Å². The highest BCUT2D eigenvalue weighted by Gasteiger charge is 2.33. The molecule has 2 heterocycles. The number of nitrogens with zero attached hydrogens (tertiary/aromatic N) is 2. The van der Waals surface area contributed by atoms with E-state index in [9.17, 15) is 9.90 Å². The van der Waals surface area contributed by atoms with E-state index in [1.165, 1.54) is 11.3 Å². The minimum atomic E-state index is -0.267. The largest absolute Gasteiger partial charge is 0.395 e. The van der Waals surface area contributed by atoms with Crippen LogP contribution in [0.25, 0.3) is 0 Å². The second kappa shape index (κ2) is 5.22. The fraction of sp³-hybridized carbons (Fsp3) is 0.286. The van der Waals surface area contributed by atoms with Gasteiger partial charge in [-0.2, -0.15) is 0 Å². The molecule has 1 atom stereocenters. The number of carbonyl (C=O) groups is 1. The Bertz CT molecular complexity index is 641. The topological polar surface area (TPSA) is 65.5 Å². The Balaban J connectivity index is 2.05. The average Bonchev–Trinajstić information content (AvgIpc) is 2.88. The van der Waals surface area contributed by atoms with Gasteiger partial charge in [0.25, 0.3) is 5.91 Å². The number of amides is 1. The summed E-state index contributed by atoms with van der Waals surface area (Å²) in [5.74, 6) is -0.0637. The van der Waals surface area contributed by atoms with Gasteiger partial charge in [0, 0.05) is 12.2 Å². The minimum Gasteiger partial charge on any atom is -0.395 e. The van der Waals surface area contributed by atoms with Gasteiger partial charge in [-0.3, -0.25) is 4.79 Å². The van der Waals surface area contributed by atoms with Gasteiger partial charge >= 0.3 is 0 Å². The molecule has 0 unspecified atom stereocenters. The first-order chi connectivity index (χ1) is 9.72. The highest BCUT2D eigenvalue weighted by molar-refractivity contribution is 7.09. The molecule has 0 saturated carbocycles. The Morgan fingerprint density at radius 2 is 2.25 bits per heavy atom. The molecule has 1 aliphatic rings. The van der Waals surface area contributed by atoms with Gasteiger partial charge in [0.15, 0.2) is 0 Å². The zero-order chi connectivity index (χ0) is 14.1. The molecule has 1 aromatic heterocycles. The van der Waals surface area contributed by atoms with Gasteiger partial charge in [-0.05, 0) is 19.1 Å². The second-order valence-electron chi connectivity index (χ2n) is 4.62. The Morgan fingerprint density at radius 1 is 1.45 bits per heavy atom. The summed E-state index contributed by atoms with van der Waals surface area (Å²) < 4.78 is 0. The lowest BCUT2D eigenvalue weighted by atomic mass is 10.1. The summed E-state index contributed by atoms with van der Waals surface area (Å²) in [7, 11) is 0. The van der Waals surface area contributed by atoms with Crippen molar-refractivity contribution in [3.05, 3.63) is 45.9 Å². The Hall–Kier alpha value is -1.92. The van der Waals surface area contributed by atoms with E-state index in [4.69, 9.17) is 0 Å². The number of hydrogen-bond donors (Lipinski definition) is 2. The standard InChI is InChI=1S/C14H15N3O2S/c1-9-12(20-8-15-9)13-16-11-5-3-2-4-10(11)14(19)17(13)6-7-18/h2-5,8,13,16,18H,6-7H2,1H3/t13-/m0/s1. The monoisotopic (exact) mass is 289 g/mol. The number of aliphatic hydroxyl groups is 1. The number of benzene rings is 1. The highest BCUT2D eigenvalue weighted by atomic mass is 32.1. The first-order valence-electron chi connectivity index (χ1n) is 6.39. The van der Waals surface area contributed by atoms with Crippen LogP contribution < -0.4 is 5.32 Å². The lowest BCUT2D eigenvalue weighted by Crippen LogP contribution is -2.44. The number of aliphatic hydroxyl groups excluding tert-OH is 1. The van der Waals surface area contributed by atoms with E-state index in [0.717, 1.165) is 16.3 Å². The molecule has 3 rings (SSSR count). The van der Waals surface area contributed by atoms with Crippen LogP contribution in [0.5, 0.6) is 0 Å². The molecule has 20 heavy (non-hydrogen) atoms. The van der Waals surface area contributed by atoms with E-state index < -0.39 is 0 Å². The first kappa shape index (κ1) is 13.1. The molecule has 6 heteroatoms. The van der Waals surface area contributed by atoms with E-state index in [1.54, 1.807) is 16.5 Å². The third-order valence-electron chi connectivity index (χ3n) is 3.39. The Kier molecular flexibility index (Phi) is 3.42.